The van der Waals surface area contributed by atoms with Gasteiger partial charge in [0.1, 0.15) is 0 Å². The van der Waals surface area contributed by atoms with Crippen LogP contribution >= 0.6 is 11.3 Å². The Bertz CT molecular complexity index is 3460. The van der Waals surface area contributed by atoms with Crippen LogP contribution in [0.25, 0.3) is 108 Å². The number of fused-ring (bicyclic) bond motifs is 14. The van der Waals surface area contributed by atoms with E-state index in [9.17, 15) is 0 Å². The highest BCUT2D eigenvalue weighted by molar-refractivity contribution is 7.26. The summed E-state index contributed by atoms with van der Waals surface area (Å²) in [7, 11) is 0. The molecule has 0 aliphatic heterocycles. The quantitative estimate of drug-likeness (QED) is 0.169. The van der Waals surface area contributed by atoms with Gasteiger partial charge >= 0.3 is 0 Å². The van der Waals surface area contributed by atoms with Crippen molar-refractivity contribution in [3.63, 3.8) is 0 Å². The van der Waals surface area contributed by atoms with Crippen molar-refractivity contribution < 1.29 is 0 Å². The number of hydrogen-bond donors (Lipinski definition) is 0. The molecule has 0 spiro atoms. The van der Waals surface area contributed by atoms with Crippen molar-refractivity contribution in [2.75, 3.05) is 0 Å². The second-order valence-electron chi connectivity index (χ2n) is 13.9. The number of pyridine rings is 1. The Hall–Kier alpha value is -6.75. The number of thiophene rings is 1. The highest BCUT2D eigenvalue weighted by Gasteiger charge is 2.22. The molecule has 0 atom stereocenters. The van der Waals surface area contributed by atoms with Gasteiger partial charge in [0.05, 0.1) is 33.3 Å². The maximum Gasteiger partial charge on any atom is 0.0803 e. The summed E-state index contributed by atoms with van der Waals surface area (Å²) < 4.78 is 7.51. The zero-order valence-electron chi connectivity index (χ0n) is 28.5. The third-order valence-electron chi connectivity index (χ3n) is 11.1. The second kappa shape index (κ2) is 10.9. The van der Waals surface area contributed by atoms with Crippen molar-refractivity contribution in [3.8, 4) is 22.6 Å². The Labute approximate surface area is 308 Å². The first-order valence-corrected chi connectivity index (χ1v) is 18.9. The molecule has 4 heteroatoms. The summed E-state index contributed by atoms with van der Waals surface area (Å²) in [4.78, 5) is 5.47. The Morgan fingerprint density at radius 1 is 0.396 bits per heavy atom. The maximum atomic E-state index is 5.47. The molecule has 12 rings (SSSR count). The SMILES string of the molecule is c1ccc(-n2c3ccccc3c3ccc4c5ccccc5n(-c5cccc(-c6nc7ccccc7c7ccc8c9ccccc9sc8c67)c5)c4c32)cc1. The second-order valence-corrected chi connectivity index (χ2v) is 14.9. The van der Waals surface area contributed by atoms with E-state index in [4.69, 9.17) is 4.98 Å². The Morgan fingerprint density at radius 2 is 0.962 bits per heavy atom. The molecule has 4 aromatic heterocycles. The summed E-state index contributed by atoms with van der Waals surface area (Å²) in [5, 5.41) is 11.2. The lowest BCUT2D eigenvalue weighted by Gasteiger charge is -2.15. The summed E-state index contributed by atoms with van der Waals surface area (Å²) in [5.41, 5.74) is 10.2. The molecule has 0 aliphatic carbocycles. The lowest BCUT2D eigenvalue weighted by molar-refractivity contribution is 1.15. The average Bonchev–Trinajstić information content (AvgIpc) is 3.89. The van der Waals surface area contributed by atoms with Gasteiger partial charge in [-0.25, -0.2) is 4.98 Å². The van der Waals surface area contributed by atoms with Gasteiger partial charge in [-0.05, 0) is 53.9 Å². The van der Waals surface area contributed by atoms with Gasteiger partial charge in [-0.2, -0.15) is 0 Å². The number of hydrogen-bond acceptors (Lipinski definition) is 2. The van der Waals surface area contributed by atoms with Crippen LogP contribution in [0.2, 0.25) is 0 Å². The fraction of sp³-hybridized carbons (Fsp3) is 0. The number of para-hydroxylation sites is 4. The molecule has 0 N–H and O–H groups in total. The molecular formula is C49H29N3S. The number of rotatable bonds is 3. The third kappa shape index (κ3) is 4.01. The van der Waals surface area contributed by atoms with Crippen molar-refractivity contribution in [1.82, 2.24) is 14.1 Å². The molecule has 0 bridgehead atoms. The van der Waals surface area contributed by atoms with E-state index in [2.05, 4.69) is 185 Å². The molecule has 0 saturated carbocycles. The van der Waals surface area contributed by atoms with Crippen LogP contribution in [-0.2, 0) is 0 Å². The summed E-state index contributed by atoms with van der Waals surface area (Å²) in [6.07, 6.45) is 0. The molecule has 0 saturated heterocycles. The van der Waals surface area contributed by atoms with Gasteiger partial charge in [-0.1, -0.05) is 127 Å². The van der Waals surface area contributed by atoms with E-state index >= 15 is 0 Å². The lowest BCUT2D eigenvalue weighted by atomic mass is 9.98. The molecule has 0 unspecified atom stereocenters. The fourth-order valence-electron chi connectivity index (χ4n) is 8.84. The first-order chi connectivity index (χ1) is 26.3. The Morgan fingerprint density at radius 3 is 1.72 bits per heavy atom. The van der Waals surface area contributed by atoms with Gasteiger partial charge < -0.3 is 9.13 Å². The predicted octanol–water partition coefficient (Wildman–Crippen LogP) is 13.6. The van der Waals surface area contributed by atoms with Gasteiger partial charge in [0.15, 0.2) is 0 Å². The standard InChI is InChI=1S/C49H29N3S/c1-2-14-31(15-3-1)51-42-22-9-5-18-34(42)38-26-27-39-35-19-6-10-23-43(35)52(48(39)47(38)51)32-16-12-13-30(29-32)46-45-37(33-17-4-8-21-41(33)50-46)25-28-40-36-20-7-11-24-44(36)53-49(40)45/h1-29H. The minimum Gasteiger partial charge on any atom is -0.307 e. The van der Waals surface area contributed by atoms with Crippen LogP contribution in [0.5, 0.6) is 0 Å². The molecule has 246 valence electrons. The molecule has 0 amide bonds. The first kappa shape index (κ1) is 28.9. The van der Waals surface area contributed by atoms with Gasteiger partial charge in [0.25, 0.3) is 0 Å². The molecule has 8 aromatic carbocycles. The zero-order valence-corrected chi connectivity index (χ0v) is 29.3. The number of aromatic nitrogens is 3. The zero-order chi connectivity index (χ0) is 34.6. The normalized spacial score (nSPS) is 12.2. The van der Waals surface area contributed by atoms with Crippen molar-refractivity contribution in [1.29, 1.82) is 0 Å². The molecule has 4 heterocycles. The highest BCUT2D eigenvalue weighted by Crippen LogP contribution is 2.45. The monoisotopic (exact) mass is 691 g/mol. The van der Waals surface area contributed by atoms with E-state index in [1.807, 2.05) is 11.3 Å². The van der Waals surface area contributed by atoms with Crippen LogP contribution in [0.4, 0.5) is 0 Å². The minimum absolute atomic E-state index is 1.01. The number of nitrogens with zero attached hydrogens (tertiary/aromatic N) is 3. The average molecular weight is 692 g/mol. The van der Waals surface area contributed by atoms with Gasteiger partial charge in [0.2, 0.25) is 0 Å². The van der Waals surface area contributed by atoms with Crippen LogP contribution in [0.15, 0.2) is 176 Å². The molecule has 12 aromatic rings. The third-order valence-corrected chi connectivity index (χ3v) is 12.3. The minimum atomic E-state index is 1.01. The van der Waals surface area contributed by atoms with Crippen LogP contribution in [-0.4, -0.2) is 14.1 Å². The summed E-state index contributed by atoms with van der Waals surface area (Å²) >= 11 is 1.87. The van der Waals surface area contributed by atoms with E-state index in [1.54, 1.807) is 0 Å². The molecule has 0 fully saturated rings. The van der Waals surface area contributed by atoms with Crippen LogP contribution < -0.4 is 0 Å². The first-order valence-electron chi connectivity index (χ1n) is 18.1. The molecular weight excluding hydrogens is 663 g/mol. The van der Waals surface area contributed by atoms with E-state index in [0.717, 1.165) is 28.1 Å². The summed E-state index contributed by atoms with van der Waals surface area (Å²) in [6.45, 7) is 0. The lowest BCUT2D eigenvalue weighted by Crippen LogP contribution is -1.99. The molecule has 0 radical (unpaired) electrons. The summed E-state index contributed by atoms with van der Waals surface area (Å²) in [6, 6.07) is 64.0. The van der Waals surface area contributed by atoms with Crippen LogP contribution in [0.1, 0.15) is 0 Å². The Balaban J connectivity index is 1.21. The highest BCUT2D eigenvalue weighted by atomic mass is 32.1. The van der Waals surface area contributed by atoms with E-state index in [1.165, 1.54) is 79.9 Å². The number of benzene rings is 8. The van der Waals surface area contributed by atoms with Crippen molar-refractivity contribution in [2.24, 2.45) is 0 Å². The van der Waals surface area contributed by atoms with Crippen LogP contribution in [0.3, 0.4) is 0 Å². The predicted molar refractivity (Wildman–Crippen MR) is 226 cm³/mol. The molecule has 3 nitrogen and oxygen atoms in total. The van der Waals surface area contributed by atoms with Gasteiger partial charge in [-0.15, -0.1) is 11.3 Å². The topological polar surface area (TPSA) is 22.8 Å². The van der Waals surface area contributed by atoms with E-state index in [0.29, 0.717) is 0 Å². The van der Waals surface area contributed by atoms with Crippen LogP contribution in [0, 0.1) is 0 Å². The van der Waals surface area contributed by atoms with Gasteiger partial charge in [0, 0.05) is 69.4 Å². The maximum absolute atomic E-state index is 5.47. The fourth-order valence-corrected chi connectivity index (χ4v) is 10.1. The van der Waals surface area contributed by atoms with Crippen molar-refractivity contribution in [2.45, 2.75) is 0 Å². The van der Waals surface area contributed by atoms with E-state index in [-0.39, 0.29) is 0 Å². The summed E-state index contributed by atoms with van der Waals surface area (Å²) in [5.74, 6) is 0. The Kier molecular flexibility index (Phi) is 5.93. The molecule has 0 aliphatic rings. The van der Waals surface area contributed by atoms with Gasteiger partial charge in [-0.3, -0.25) is 0 Å². The largest absolute Gasteiger partial charge is 0.307 e. The van der Waals surface area contributed by atoms with E-state index < -0.39 is 0 Å². The molecule has 53 heavy (non-hydrogen) atoms. The van der Waals surface area contributed by atoms with Crippen molar-refractivity contribution >= 4 is 96.8 Å². The van der Waals surface area contributed by atoms with Crippen molar-refractivity contribution in [3.05, 3.63) is 176 Å². The smallest absolute Gasteiger partial charge is 0.0803 e.